The zero-order valence-electron chi connectivity index (χ0n) is 14.3. The van der Waals surface area contributed by atoms with Crippen molar-refractivity contribution in [3.8, 4) is 0 Å². The maximum Gasteiger partial charge on any atom is 0.251 e. The zero-order valence-corrected chi connectivity index (χ0v) is 15.1. The Morgan fingerprint density at radius 2 is 2.04 bits per heavy atom. The first-order valence-corrected chi connectivity index (χ1v) is 9.85. The summed E-state index contributed by atoms with van der Waals surface area (Å²) in [5, 5.41) is 8.74. The Labute approximate surface area is 147 Å². The van der Waals surface area contributed by atoms with E-state index >= 15 is 0 Å². The zero-order chi connectivity index (χ0) is 18.4. The van der Waals surface area contributed by atoms with Crippen molar-refractivity contribution in [1.29, 1.82) is 0 Å². The second-order valence-electron chi connectivity index (χ2n) is 5.96. The highest BCUT2D eigenvalue weighted by Crippen LogP contribution is 2.11. The first kappa shape index (κ1) is 19.2. The summed E-state index contributed by atoms with van der Waals surface area (Å²) in [6.45, 7) is 2.35. The molecule has 0 radical (unpaired) electrons. The van der Waals surface area contributed by atoms with Crippen molar-refractivity contribution in [3.05, 3.63) is 35.1 Å². The molecule has 7 nitrogen and oxygen atoms in total. The standard InChI is InChI=1S/C16H23FN4O3S/c1-11-3-4-12(9-14(11)17)15(22)19-6-7-20-16(18-2)21-13-5-8-25(23,24)10-13/h3-4,9,13H,5-8,10H2,1-2H3,(H,19,22)(H2,18,20,21). The smallest absolute Gasteiger partial charge is 0.251 e. The summed E-state index contributed by atoms with van der Waals surface area (Å²) in [5.41, 5.74) is 0.754. The molecule has 1 saturated heterocycles. The van der Waals surface area contributed by atoms with E-state index in [-0.39, 0.29) is 29.0 Å². The van der Waals surface area contributed by atoms with Crippen LogP contribution in [0.1, 0.15) is 22.3 Å². The highest BCUT2D eigenvalue weighted by Gasteiger charge is 2.28. The Kier molecular flexibility index (Phi) is 6.35. The summed E-state index contributed by atoms with van der Waals surface area (Å²) >= 11 is 0. The first-order chi connectivity index (χ1) is 11.8. The van der Waals surface area contributed by atoms with Gasteiger partial charge in [0.15, 0.2) is 15.8 Å². The Morgan fingerprint density at radius 3 is 2.64 bits per heavy atom. The number of hydrogen-bond donors (Lipinski definition) is 3. The molecule has 1 aromatic carbocycles. The molecule has 1 fully saturated rings. The fraction of sp³-hybridized carbons (Fsp3) is 0.500. The molecule has 1 unspecified atom stereocenters. The lowest BCUT2D eigenvalue weighted by Crippen LogP contribution is -2.46. The van der Waals surface area contributed by atoms with Gasteiger partial charge in [-0.05, 0) is 31.0 Å². The summed E-state index contributed by atoms with van der Waals surface area (Å²) in [7, 11) is -1.37. The van der Waals surface area contributed by atoms with Gasteiger partial charge >= 0.3 is 0 Å². The third kappa shape index (κ3) is 5.70. The second-order valence-corrected chi connectivity index (χ2v) is 8.19. The van der Waals surface area contributed by atoms with Crippen molar-refractivity contribution >= 4 is 21.7 Å². The van der Waals surface area contributed by atoms with Crippen molar-refractivity contribution in [2.75, 3.05) is 31.6 Å². The molecular weight excluding hydrogens is 347 g/mol. The number of benzene rings is 1. The van der Waals surface area contributed by atoms with Gasteiger partial charge in [0.05, 0.1) is 11.5 Å². The number of carbonyl (C=O) groups excluding carboxylic acids is 1. The van der Waals surface area contributed by atoms with Crippen molar-refractivity contribution < 1.29 is 17.6 Å². The van der Waals surface area contributed by atoms with Crippen molar-refractivity contribution in [2.24, 2.45) is 4.99 Å². The molecule has 1 aromatic rings. The van der Waals surface area contributed by atoms with Gasteiger partial charge in [-0.15, -0.1) is 0 Å². The highest BCUT2D eigenvalue weighted by atomic mass is 32.2. The topological polar surface area (TPSA) is 99.7 Å². The van der Waals surface area contributed by atoms with Gasteiger partial charge < -0.3 is 16.0 Å². The third-order valence-corrected chi connectivity index (χ3v) is 5.70. The number of hydrogen-bond acceptors (Lipinski definition) is 4. The number of rotatable bonds is 5. The monoisotopic (exact) mass is 370 g/mol. The fourth-order valence-corrected chi connectivity index (χ4v) is 4.16. The molecule has 1 atom stereocenters. The molecule has 0 aromatic heterocycles. The highest BCUT2D eigenvalue weighted by molar-refractivity contribution is 7.91. The lowest BCUT2D eigenvalue weighted by Gasteiger charge is -2.16. The van der Waals surface area contributed by atoms with Crippen LogP contribution in [-0.4, -0.2) is 58.0 Å². The molecule has 0 bridgehead atoms. The van der Waals surface area contributed by atoms with E-state index in [4.69, 9.17) is 0 Å². The van der Waals surface area contributed by atoms with E-state index in [9.17, 15) is 17.6 Å². The summed E-state index contributed by atoms with van der Waals surface area (Å²) < 4.78 is 36.4. The number of aliphatic imine (C=N–C) groups is 1. The Hall–Kier alpha value is -2.16. The number of guanidine groups is 1. The van der Waals surface area contributed by atoms with Crippen LogP contribution in [0.25, 0.3) is 0 Å². The van der Waals surface area contributed by atoms with Gasteiger partial charge in [0, 0.05) is 31.7 Å². The summed E-state index contributed by atoms with van der Waals surface area (Å²) in [5.74, 6) is -0.000929. The van der Waals surface area contributed by atoms with Crippen LogP contribution in [0.2, 0.25) is 0 Å². The molecule has 0 saturated carbocycles. The van der Waals surface area contributed by atoms with Crippen LogP contribution in [-0.2, 0) is 9.84 Å². The van der Waals surface area contributed by atoms with Crippen molar-refractivity contribution in [3.63, 3.8) is 0 Å². The van der Waals surface area contributed by atoms with Crippen molar-refractivity contribution in [2.45, 2.75) is 19.4 Å². The average molecular weight is 370 g/mol. The lowest BCUT2D eigenvalue weighted by molar-refractivity contribution is 0.0954. The number of halogens is 1. The molecule has 0 spiro atoms. The van der Waals surface area contributed by atoms with E-state index in [1.165, 1.54) is 6.07 Å². The molecule has 1 amide bonds. The van der Waals surface area contributed by atoms with E-state index in [1.54, 1.807) is 26.1 Å². The van der Waals surface area contributed by atoms with Gasteiger partial charge in [0.2, 0.25) is 0 Å². The minimum Gasteiger partial charge on any atom is -0.355 e. The van der Waals surface area contributed by atoms with E-state index in [2.05, 4.69) is 20.9 Å². The molecule has 3 N–H and O–H groups in total. The summed E-state index contributed by atoms with van der Waals surface area (Å²) in [6, 6.07) is 4.19. The van der Waals surface area contributed by atoms with E-state index in [1.807, 2.05) is 0 Å². The lowest BCUT2D eigenvalue weighted by atomic mass is 10.1. The Balaban J connectivity index is 1.74. The Bertz CT molecular complexity index is 765. The SMILES string of the molecule is CN=C(NCCNC(=O)c1ccc(C)c(F)c1)NC1CCS(=O)(=O)C1. The normalized spacial score (nSPS) is 19.5. The van der Waals surface area contributed by atoms with E-state index in [0.29, 0.717) is 31.0 Å². The number of carbonyl (C=O) groups is 1. The fourth-order valence-electron chi connectivity index (χ4n) is 2.49. The van der Waals surface area contributed by atoms with Gasteiger partial charge in [-0.2, -0.15) is 0 Å². The maximum atomic E-state index is 13.5. The van der Waals surface area contributed by atoms with E-state index in [0.717, 1.165) is 0 Å². The average Bonchev–Trinajstić information content (AvgIpc) is 2.91. The van der Waals surface area contributed by atoms with Crippen LogP contribution in [0.3, 0.4) is 0 Å². The van der Waals surface area contributed by atoms with Gasteiger partial charge in [0.25, 0.3) is 5.91 Å². The third-order valence-electron chi connectivity index (χ3n) is 3.93. The van der Waals surface area contributed by atoms with Gasteiger partial charge in [-0.1, -0.05) is 6.07 Å². The predicted molar refractivity (Wildman–Crippen MR) is 95.0 cm³/mol. The van der Waals surface area contributed by atoms with Crippen LogP contribution in [0.4, 0.5) is 4.39 Å². The molecule has 1 aliphatic rings. The number of sulfone groups is 1. The van der Waals surface area contributed by atoms with Crippen LogP contribution in [0.5, 0.6) is 0 Å². The van der Waals surface area contributed by atoms with Crippen LogP contribution >= 0.6 is 0 Å². The number of nitrogens with one attached hydrogen (secondary N) is 3. The van der Waals surface area contributed by atoms with Gasteiger partial charge in [-0.3, -0.25) is 9.79 Å². The molecule has 0 aliphatic carbocycles. The predicted octanol–water partition coefficient (Wildman–Crippen LogP) is 0.216. The van der Waals surface area contributed by atoms with Gasteiger partial charge in [-0.25, -0.2) is 12.8 Å². The summed E-state index contributed by atoms with van der Waals surface area (Å²) in [4.78, 5) is 16.0. The molecule has 1 heterocycles. The minimum absolute atomic E-state index is 0.101. The van der Waals surface area contributed by atoms with E-state index < -0.39 is 15.7 Å². The van der Waals surface area contributed by atoms with Crippen molar-refractivity contribution in [1.82, 2.24) is 16.0 Å². The van der Waals surface area contributed by atoms with Crippen LogP contribution in [0, 0.1) is 12.7 Å². The largest absolute Gasteiger partial charge is 0.355 e. The summed E-state index contributed by atoms with van der Waals surface area (Å²) in [6.07, 6.45) is 0.554. The first-order valence-electron chi connectivity index (χ1n) is 8.02. The minimum atomic E-state index is -2.96. The maximum absolute atomic E-state index is 13.5. The molecular formula is C16H23FN4O3S. The number of nitrogens with zero attached hydrogens (tertiary/aromatic N) is 1. The molecule has 25 heavy (non-hydrogen) atoms. The molecule has 9 heteroatoms. The quantitative estimate of drug-likeness (QED) is 0.391. The van der Waals surface area contributed by atoms with Gasteiger partial charge in [0.1, 0.15) is 5.82 Å². The van der Waals surface area contributed by atoms with Crippen LogP contribution in [0.15, 0.2) is 23.2 Å². The number of amides is 1. The second kappa shape index (κ2) is 8.28. The van der Waals surface area contributed by atoms with Crippen LogP contribution < -0.4 is 16.0 Å². The molecule has 2 rings (SSSR count). The number of aryl methyl sites for hydroxylation is 1. The Morgan fingerprint density at radius 1 is 1.32 bits per heavy atom. The molecule has 138 valence electrons. The molecule has 1 aliphatic heterocycles.